The Bertz CT molecular complexity index is 31.7. The molecule has 3 nitrogen and oxygen atoms in total. The summed E-state index contributed by atoms with van der Waals surface area (Å²) in [6.07, 6.45) is 0. The van der Waals surface area contributed by atoms with Crippen LogP contribution in [-0.4, -0.2) is 9.53 Å². The Labute approximate surface area is 57.5 Å². The molecular weight excluding hydrogens is 182 g/mol. The minimum absolute atomic E-state index is 2.38. The van der Waals surface area contributed by atoms with Gasteiger partial charge in [0.05, 0.1) is 35.6 Å². The van der Waals surface area contributed by atoms with Crippen LogP contribution < -0.4 is 0 Å². The van der Waals surface area contributed by atoms with E-state index in [1.807, 2.05) is 0 Å². The number of hydrogen-bond acceptors (Lipinski definition) is 3. The van der Waals surface area contributed by atoms with Gasteiger partial charge in [-0.15, -0.1) is 0 Å². The molecule has 44 valence electrons. The van der Waals surface area contributed by atoms with E-state index in [1.165, 1.54) is 0 Å². The molecule has 0 fully saturated rings. The molecule has 0 radical (unpaired) electrons. The fourth-order valence-corrected chi connectivity index (χ4v) is 1.11. The Morgan fingerprint density at radius 3 is 1.14 bits per heavy atom. The fraction of sp³-hybridized carbons (Fsp3) is 0. The van der Waals surface area contributed by atoms with Gasteiger partial charge in [-0.3, -0.25) is 11.9 Å². The molecule has 0 atom stereocenters. The minimum Gasteiger partial charge on any atom is -0.268 e. The number of halogens is 3. The van der Waals surface area contributed by atoms with Gasteiger partial charge in [0.25, 0.3) is 0 Å². The smallest absolute Gasteiger partial charge is 0.268 e. The third kappa shape index (κ3) is 3.54. The van der Waals surface area contributed by atoms with E-state index >= 15 is 0 Å². The first-order valence-corrected chi connectivity index (χ1v) is 3.51. The van der Waals surface area contributed by atoms with Crippen LogP contribution in [0.5, 0.6) is 0 Å². The van der Waals surface area contributed by atoms with Crippen molar-refractivity contribution in [1.29, 1.82) is 0 Å². The van der Waals surface area contributed by atoms with Crippen LogP contribution >= 0.6 is 35.6 Å². The van der Waals surface area contributed by atoms with Gasteiger partial charge in [-0.2, -0.15) is 0 Å². The third-order valence-electron chi connectivity index (χ3n) is 0.218. The van der Waals surface area contributed by atoms with Crippen molar-refractivity contribution in [2.24, 2.45) is 0 Å². The highest BCUT2D eigenvalue weighted by Crippen LogP contribution is 1.98. The molecule has 0 rings (SSSR count). The standard InChI is InChI=1S/Cl3HO3Si/c1-4-7(5-2)6-3/h7H. The molecule has 0 aromatic rings. The molecule has 0 aliphatic heterocycles. The second kappa shape index (κ2) is 5.11. The van der Waals surface area contributed by atoms with Crippen molar-refractivity contribution in [2.75, 3.05) is 0 Å². The van der Waals surface area contributed by atoms with E-state index < -0.39 is 9.53 Å². The molecule has 0 bridgehead atoms. The van der Waals surface area contributed by atoms with Crippen LogP contribution in [0.25, 0.3) is 0 Å². The van der Waals surface area contributed by atoms with E-state index in [2.05, 4.69) is 11.9 Å². The molecule has 7 heteroatoms. The molecule has 0 amide bonds. The van der Waals surface area contributed by atoms with E-state index in [-0.39, 0.29) is 0 Å². The van der Waals surface area contributed by atoms with Gasteiger partial charge in [0, 0.05) is 0 Å². The van der Waals surface area contributed by atoms with Gasteiger partial charge in [-0.1, -0.05) is 0 Å². The SMILES string of the molecule is ClO[SiH](OCl)OCl. The summed E-state index contributed by atoms with van der Waals surface area (Å²) in [6, 6.07) is 0. The Balaban J connectivity index is 2.99. The summed E-state index contributed by atoms with van der Waals surface area (Å²) in [5.41, 5.74) is 0. The molecule has 7 heavy (non-hydrogen) atoms. The minimum atomic E-state index is -2.38. The van der Waals surface area contributed by atoms with Gasteiger partial charge >= 0.3 is 9.53 Å². The number of hydrogen-bond donors (Lipinski definition) is 0. The van der Waals surface area contributed by atoms with Gasteiger partial charge in [-0.25, -0.2) is 0 Å². The first-order chi connectivity index (χ1) is 3.35. The van der Waals surface area contributed by atoms with Crippen molar-refractivity contribution >= 4 is 45.1 Å². The molecule has 0 N–H and O–H groups in total. The van der Waals surface area contributed by atoms with Crippen molar-refractivity contribution in [3.63, 3.8) is 0 Å². The summed E-state index contributed by atoms with van der Waals surface area (Å²) in [6.45, 7) is 0. The van der Waals surface area contributed by atoms with Crippen molar-refractivity contribution < 1.29 is 11.9 Å². The van der Waals surface area contributed by atoms with Gasteiger partial charge in [0.15, 0.2) is 0 Å². The quantitative estimate of drug-likeness (QED) is 0.616. The average molecular weight is 183 g/mol. The van der Waals surface area contributed by atoms with Gasteiger partial charge < -0.3 is 0 Å². The highest BCUT2D eigenvalue weighted by atomic mass is 35.5. The van der Waals surface area contributed by atoms with Crippen LogP contribution in [0.2, 0.25) is 0 Å². The van der Waals surface area contributed by atoms with Gasteiger partial charge in [0.1, 0.15) is 0 Å². The molecule has 0 heterocycles. The van der Waals surface area contributed by atoms with Crippen LogP contribution in [0.3, 0.4) is 0 Å². The summed E-state index contributed by atoms with van der Waals surface area (Å²) in [4.78, 5) is 0. The second-order valence-electron chi connectivity index (χ2n) is 0.556. The first kappa shape index (κ1) is 7.97. The molecule has 0 saturated carbocycles. The average Bonchev–Trinajstić information content (AvgIpc) is 1.72. The molecular formula is HCl3O3Si. The number of rotatable bonds is 3. The lowest BCUT2D eigenvalue weighted by Gasteiger charge is -1.96. The van der Waals surface area contributed by atoms with Crippen molar-refractivity contribution in [3.05, 3.63) is 0 Å². The lowest BCUT2D eigenvalue weighted by molar-refractivity contribution is 0.350. The largest absolute Gasteiger partial charge is 0.534 e. The molecule has 0 saturated heterocycles. The predicted octanol–water partition coefficient (Wildman–Crippen LogP) is 1.21. The summed E-state index contributed by atoms with van der Waals surface area (Å²) >= 11 is 14.1. The van der Waals surface area contributed by atoms with E-state index in [1.54, 1.807) is 0 Å². The van der Waals surface area contributed by atoms with E-state index in [0.717, 1.165) is 0 Å². The van der Waals surface area contributed by atoms with Crippen LogP contribution in [0.15, 0.2) is 0 Å². The monoisotopic (exact) mass is 182 g/mol. The zero-order valence-corrected chi connectivity index (χ0v) is 6.36. The highest BCUT2D eigenvalue weighted by molar-refractivity contribution is 6.52. The molecule has 0 spiro atoms. The molecule has 0 aromatic heterocycles. The molecule has 0 aromatic carbocycles. The maximum Gasteiger partial charge on any atom is 0.534 e. The molecule has 0 unspecified atom stereocenters. The maximum absolute atomic E-state index is 4.71. The molecule has 0 aliphatic carbocycles. The van der Waals surface area contributed by atoms with Crippen LogP contribution in [0.1, 0.15) is 0 Å². The summed E-state index contributed by atoms with van der Waals surface area (Å²) < 4.78 is 11.9. The topological polar surface area (TPSA) is 27.7 Å². The Morgan fingerprint density at radius 2 is 1.14 bits per heavy atom. The predicted molar refractivity (Wildman–Crippen MR) is 28.0 cm³/mol. The second-order valence-corrected chi connectivity index (χ2v) is 3.27. The zero-order chi connectivity index (χ0) is 5.70. The summed E-state index contributed by atoms with van der Waals surface area (Å²) in [7, 11) is -2.38. The highest BCUT2D eigenvalue weighted by Gasteiger charge is 2.12. The van der Waals surface area contributed by atoms with Crippen LogP contribution in [0, 0.1) is 0 Å². The maximum atomic E-state index is 4.71. The Hall–Kier alpha value is 0.967. The Morgan fingerprint density at radius 1 is 0.857 bits per heavy atom. The first-order valence-electron chi connectivity index (χ1n) is 1.17. The lowest BCUT2D eigenvalue weighted by Crippen LogP contribution is -2.13. The van der Waals surface area contributed by atoms with Crippen molar-refractivity contribution in [1.82, 2.24) is 0 Å². The van der Waals surface area contributed by atoms with E-state index in [9.17, 15) is 0 Å². The summed E-state index contributed by atoms with van der Waals surface area (Å²) in [5.74, 6) is 0. The third-order valence-corrected chi connectivity index (χ3v) is 1.96. The zero-order valence-electron chi connectivity index (χ0n) is 2.94. The van der Waals surface area contributed by atoms with Crippen LogP contribution in [-0.2, 0) is 11.9 Å². The van der Waals surface area contributed by atoms with Crippen LogP contribution in [0.4, 0.5) is 0 Å². The lowest BCUT2D eigenvalue weighted by atomic mass is 15.7. The van der Waals surface area contributed by atoms with Gasteiger partial charge in [0.2, 0.25) is 0 Å². The summed E-state index contributed by atoms with van der Waals surface area (Å²) in [5, 5.41) is 0. The molecule has 0 aliphatic rings. The normalized spacial score (nSPS) is 10.3. The van der Waals surface area contributed by atoms with E-state index in [4.69, 9.17) is 35.6 Å². The fourth-order valence-electron chi connectivity index (χ4n) is 0.0412. The Kier molecular flexibility index (Phi) is 5.82. The van der Waals surface area contributed by atoms with Gasteiger partial charge in [-0.05, 0) is 0 Å². The van der Waals surface area contributed by atoms with E-state index in [0.29, 0.717) is 0 Å². The van der Waals surface area contributed by atoms with Crippen molar-refractivity contribution in [2.45, 2.75) is 0 Å². The van der Waals surface area contributed by atoms with Crippen molar-refractivity contribution in [3.8, 4) is 0 Å².